The molecule has 21 heavy (non-hydrogen) atoms. The maximum atomic E-state index is 12.2. The van der Waals surface area contributed by atoms with Gasteiger partial charge in [0.1, 0.15) is 12.1 Å². The molecule has 0 radical (unpaired) electrons. The van der Waals surface area contributed by atoms with Crippen LogP contribution in [-0.4, -0.2) is 12.5 Å². The van der Waals surface area contributed by atoms with Crippen molar-refractivity contribution in [2.75, 3.05) is 11.9 Å². The zero-order valence-electron chi connectivity index (χ0n) is 11.8. The first kappa shape index (κ1) is 15.0. The van der Waals surface area contributed by atoms with Gasteiger partial charge in [0.25, 0.3) is 0 Å². The van der Waals surface area contributed by atoms with Crippen molar-refractivity contribution in [3.63, 3.8) is 0 Å². The van der Waals surface area contributed by atoms with E-state index in [-0.39, 0.29) is 17.4 Å². The number of anilines is 1. The van der Waals surface area contributed by atoms with Crippen molar-refractivity contribution >= 4 is 11.6 Å². The number of nitrogens with two attached hydrogens (primary N) is 1. The molecule has 1 aromatic carbocycles. The van der Waals surface area contributed by atoms with Crippen molar-refractivity contribution in [3.05, 3.63) is 29.3 Å². The molecule has 3 N–H and O–H groups in total. The van der Waals surface area contributed by atoms with Gasteiger partial charge in [0.2, 0.25) is 5.91 Å². The summed E-state index contributed by atoms with van der Waals surface area (Å²) in [5.41, 5.74) is 6.81. The Bertz CT molecular complexity index is 604. The van der Waals surface area contributed by atoms with Gasteiger partial charge in [-0.1, -0.05) is 0 Å². The minimum absolute atomic E-state index is 0.00831. The predicted molar refractivity (Wildman–Crippen MR) is 79.0 cm³/mol. The number of nitriles is 2. The maximum absolute atomic E-state index is 12.2. The minimum Gasteiger partial charge on any atom is -0.330 e. The van der Waals surface area contributed by atoms with E-state index < -0.39 is 0 Å². The summed E-state index contributed by atoms with van der Waals surface area (Å²) in [5.74, 6) is 0.530. The van der Waals surface area contributed by atoms with Gasteiger partial charge < -0.3 is 11.1 Å². The smallest absolute Gasteiger partial charge is 0.227 e. The molecule has 0 atom stereocenters. The number of nitrogens with zero attached hydrogens (tertiary/aromatic N) is 2. The topological polar surface area (TPSA) is 103 Å². The van der Waals surface area contributed by atoms with E-state index in [1.807, 2.05) is 12.1 Å². The summed E-state index contributed by atoms with van der Waals surface area (Å²) in [7, 11) is 0. The van der Waals surface area contributed by atoms with Crippen LogP contribution in [0.3, 0.4) is 0 Å². The van der Waals surface area contributed by atoms with Gasteiger partial charge in [-0.3, -0.25) is 4.79 Å². The first-order valence-corrected chi connectivity index (χ1v) is 7.13. The van der Waals surface area contributed by atoms with E-state index in [0.29, 0.717) is 23.7 Å². The standard InChI is InChI=1S/C16H18N4O/c17-8-11-1-3-12(4-2-11)16(21)20-15-6-5-13(9-18)14(7-15)10-19/h5-7,11-12H,1-4,8,17H2,(H,20,21). The van der Waals surface area contributed by atoms with Crippen LogP contribution in [0.1, 0.15) is 36.8 Å². The van der Waals surface area contributed by atoms with E-state index in [0.717, 1.165) is 25.7 Å². The lowest BCUT2D eigenvalue weighted by molar-refractivity contribution is -0.121. The molecule has 2 rings (SSSR count). The molecular formula is C16H18N4O. The Labute approximate surface area is 124 Å². The molecule has 0 saturated heterocycles. The van der Waals surface area contributed by atoms with Crippen LogP contribution in [0.15, 0.2) is 18.2 Å². The summed E-state index contributed by atoms with van der Waals surface area (Å²) in [5, 5.41) is 20.7. The maximum Gasteiger partial charge on any atom is 0.227 e. The zero-order valence-corrected chi connectivity index (χ0v) is 11.8. The van der Waals surface area contributed by atoms with Gasteiger partial charge in [0.15, 0.2) is 0 Å². The molecule has 5 nitrogen and oxygen atoms in total. The number of nitrogens with one attached hydrogen (secondary N) is 1. The normalized spacial score (nSPS) is 21.1. The molecule has 5 heteroatoms. The molecule has 1 aromatic rings. The molecule has 1 aliphatic carbocycles. The van der Waals surface area contributed by atoms with Gasteiger partial charge >= 0.3 is 0 Å². The van der Waals surface area contributed by atoms with E-state index in [1.54, 1.807) is 18.2 Å². The summed E-state index contributed by atoms with van der Waals surface area (Å²) in [4.78, 5) is 12.2. The first-order valence-electron chi connectivity index (χ1n) is 7.13. The number of rotatable bonds is 3. The lowest BCUT2D eigenvalue weighted by Crippen LogP contribution is -2.29. The van der Waals surface area contributed by atoms with E-state index in [2.05, 4.69) is 5.32 Å². The van der Waals surface area contributed by atoms with Crippen LogP contribution < -0.4 is 11.1 Å². The fourth-order valence-electron chi connectivity index (χ4n) is 2.72. The lowest BCUT2D eigenvalue weighted by Gasteiger charge is -2.26. The Balaban J connectivity index is 2.01. The van der Waals surface area contributed by atoms with Crippen LogP contribution in [0.4, 0.5) is 5.69 Å². The van der Waals surface area contributed by atoms with Crippen LogP contribution in [0, 0.1) is 34.5 Å². The van der Waals surface area contributed by atoms with Gasteiger partial charge in [0, 0.05) is 11.6 Å². The minimum atomic E-state index is -0.0148. The first-order chi connectivity index (χ1) is 10.2. The lowest BCUT2D eigenvalue weighted by atomic mass is 9.81. The third kappa shape index (κ3) is 3.59. The van der Waals surface area contributed by atoms with Gasteiger partial charge in [-0.2, -0.15) is 10.5 Å². The summed E-state index contributed by atoms with van der Waals surface area (Å²) in [6.07, 6.45) is 3.70. The monoisotopic (exact) mass is 282 g/mol. The van der Waals surface area contributed by atoms with Crippen molar-refractivity contribution in [2.24, 2.45) is 17.6 Å². The van der Waals surface area contributed by atoms with Crippen LogP contribution in [0.25, 0.3) is 0 Å². The molecule has 1 fully saturated rings. The van der Waals surface area contributed by atoms with Crippen LogP contribution >= 0.6 is 0 Å². The third-order valence-corrected chi connectivity index (χ3v) is 4.08. The molecule has 1 saturated carbocycles. The highest BCUT2D eigenvalue weighted by Crippen LogP contribution is 2.29. The van der Waals surface area contributed by atoms with Crippen molar-refractivity contribution < 1.29 is 4.79 Å². The number of benzene rings is 1. The molecular weight excluding hydrogens is 264 g/mol. The van der Waals surface area contributed by atoms with E-state index in [1.165, 1.54) is 0 Å². The molecule has 0 aromatic heterocycles. The number of carbonyl (C=O) groups excluding carboxylic acids is 1. The Morgan fingerprint density at radius 2 is 1.86 bits per heavy atom. The average molecular weight is 282 g/mol. The molecule has 1 amide bonds. The Hall–Kier alpha value is -2.37. The molecule has 0 spiro atoms. The van der Waals surface area contributed by atoms with E-state index in [4.69, 9.17) is 16.3 Å². The summed E-state index contributed by atoms with van der Waals surface area (Å²) < 4.78 is 0. The number of carbonyl (C=O) groups is 1. The average Bonchev–Trinajstić information content (AvgIpc) is 2.54. The van der Waals surface area contributed by atoms with Gasteiger partial charge in [-0.15, -0.1) is 0 Å². The van der Waals surface area contributed by atoms with E-state index >= 15 is 0 Å². The highest BCUT2D eigenvalue weighted by atomic mass is 16.1. The number of hydrogen-bond donors (Lipinski definition) is 2. The Morgan fingerprint density at radius 1 is 1.19 bits per heavy atom. The fourth-order valence-corrected chi connectivity index (χ4v) is 2.72. The molecule has 0 aliphatic heterocycles. The van der Waals surface area contributed by atoms with Gasteiger partial charge in [-0.25, -0.2) is 0 Å². The second-order valence-electron chi connectivity index (χ2n) is 5.43. The Kier molecular flexibility index (Phi) is 4.92. The molecule has 0 unspecified atom stereocenters. The molecule has 108 valence electrons. The number of hydrogen-bond acceptors (Lipinski definition) is 4. The highest BCUT2D eigenvalue weighted by Gasteiger charge is 2.25. The third-order valence-electron chi connectivity index (χ3n) is 4.08. The number of amides is 1. The van der Waals surface area contributed by atoms with Gasteiger partial charge in [0.05, 0.1) is 11.1 Å². The van der Waals surface area contributed by atoms with Crippen molar-refractivity contribution in [1.29, 1.82) is 10.5 Å². The largest absolute Gasteiger partial charge is 0.330 e. The Morgan fingerprint density at radius 3 is 2.43 bits per heavy atom. The second-order valence-corrected chi connectivity index (χ2v) is 5.43. The quantitative estimate of drug-likeness (QED) is 0.886. The SMILES string of the molecule is N#Cc1ccc(NC(=O)C2CCC(CN)CC2)cc1C#N. The predicted octanol–water partition coefficient (Wildman–Crippen LogP) is 2.13. The molecule has 0 bridgehead atoms. The highest BCUT2D eigenvalue weighted by molar-refractivity contribution is 5.92. The van der Waals surface area contributed by atoms with Crippen molar-refractivity contribution in [2.45, 2.75) is 25.7 Å². The summed E-state index contributed by atoms with van der Waals surface area (Å²) in [6.45, 7) is 0.690. The van der Waals surface area contributed by atoms with Gasteiger partial charge in [-0.05, 0) is 56.3 Å². The summed E-state index contributed by atoms with van der Waals surface area (Å²) in [6, 6.07) is 8.67. The zero-order chi connectivity index (χ0) is 15.2. The van der Waals surface area contributed by atoms with Crippen molar-refractivity contribution in [1.82, 2.24) is 0 Å². The van der Waals surface area contributed by atoms with Crippen LogP contribution in [-0.2, 0) is 4.79 Å². The van der Waals surface area contributed by atoms with E-state index in [9.17, 15) is 4.79 Å². The second kappa shape index (κ2) is 6.88. The van der Waals surface area contributed by atoms with Crippen LogP contribution in [0.5, 0.6) is 0 Å². The fraction of sp³-hybridized carbons (Fsp3) is 0.438. The summed E-state index contributed by atoms with van der Waals surface area (Å²) >= 11 is 0. The molecule has 0 heterocycles. The van der Waals surface area contributed by atoms with Crippen LogP contribution in [0.2, 0.25) is 0 Å². The molecule has 1 aliphatic rings. The van der Waals surface area contributed by atoms with Crippen molar-refractivity contribution in [3.8, 4) is 12.1 Å².